The van der Waals surface area contributed by atoms with Crippen molar-refractivity contribution in [3.8, 4) is 10.6 Å². The number of nitrogens with one attached hydrogen (secondary N) is 1. The van der Waals surface area contributed by atoms with Crippen LogP contribution in [0.1, 0.15) is 10.4 Å². The van der Waals surface area contributed by atoms with Gasteiger partial charge in [-0.1, -0.05) is 47.5 Å². The minimum Gasteiger partial charge on any atom is -0.321 e. The van der Waals surface area contributed by atoms with Gasteiger partial charge < -0.3 is 5.32 Å². The SMILES string of the molecule is O=C(Nc1ccccc1-c1nc2ccccc2s1)c1cc(F)c(Cl)cc1Cl. The highest BCUT2D eigenvalue weighted by molar-refractivity contribution is 7.21. The Morgan fingerprint density at radius 1 is 1.00 bits per heavy atom. The number of aromatic nitrogens is 1. The molecule has 4 rings (SSSR count). The molecule has 0 bridgehead atoms. The second-order valence-electron chi connectivity index (χ2n) is 5.73. The number of rotatable bonds is 3. The molecule has 1 heterocycles. The van der Waals surface area contributed by atoms with E-state index in [-0.39, 0.29) is 15.6 Å². The summed E-state index contributed by atoms with van der Waals surface area (Å²) in [5.41, 5.74) is 2.24. The highest BCUT2D eigenvalue weighted by Crippen LogP contribution is 2.35. The summed E-state index contributed by atoms with van der Waals surface area (Å²) < 4.78 is 14.8. The van der Waals surface area contributed by atoms with Crippen molar-refractivity contribution in [2.24, 2.45) is 0 Å². The van der Waals surface area contributed by atoms with E-state index in [1.54, 1.807) is 12.1 Å². The maximum absolute atomic E-state index is 13.7. The van der Waals surface area contributed by atoms with E-state index in [2.05, 4.69) is 10.3 Å². The molecule has 134 valence electrons. The summed E-state index contributed by atoms with van der Waals surface area (Å²) in [5, 5.41) is 3.52. The maximum atomic E-state index is 13.7. The molecule has 0 atom stereocenters. The Morgan fingerprint density at radius 2 is 1.74 bits per heavy atom. The van der Waals surface area contributed by atoms with Crippen molar-refractivity contribution in [3.63, 3.8) is 0 Å². The number of hydrogen-bond acceptors (Lipinski definition) is 3. The van der Waals surface area contributed by atoms with Gasteiger partial charge in [0.1, 0.15) is 10.8 Å². The number of hydrogen-bond donors (Lipinski definition) is 1. The number of amides is 1. The van der Waals surface area contributed by atoms with Crippen molar-refractivity contribution >= 4 is 56.3 Å². The second-order valence-corrected chi connectivity index (χ2v) is 7.58. The van der Waals surface area contributed by atoms with E-state index in [1.807, 2.05) is 36.4 Å². The molecule has 7 heteroatoms. The van der Waals surface area contributed by atoms with Crippen LogP contribution in [0.3, 0.4) is 0 Å². The first-order valence-corrected chi connectivity index (χ1v) is 9.51. The van der Waals surface area contributed by atoms with Crippen LogP contribution in [0.2, 0.25) is 10.0 Å². The quantitative estimate of drug-likeness (QED) is 0.379. The molecule has 1 aromatic heterocycles. The lowest BCUT2D eigenvalue weighted by Crippen LogP contribution is -2.13. The van der Waals surface area contributed by atoms with Crippen molar-refractivity contribution in [1.82, 2.24) is 4.98 Å². The third kappa shape index (κ3) is 3.54. The van der Waals surface area contributed by atoms with Gasteiger partial charge in [-0.05, 0) is 36.4 Å². The number of carbonyl (C=O) groups is 1. The lowest BCUT2D eigenvalue weighted by molar-refractivity contribution is 0.102. The molecule has 0 saturated carbocycles. The fourth-order valence-corrected chi connectivity index (χ4v) is 4.13. The number of para-hydroxylation sites is 2. The molecule has 0 fully saturated rings. The standard InChI is InChI=1S/C20H11Cl2FN2OS/c21-13-10-14(22)15(23)9-12(13)19(26)24-16-6-2-1-5-11(16)20-25-17-7-3-4-8-18(17)27-20/h1-10H,(H,24,26). The molecule has 0 aliphatic rings. The first-order valence-electron chi connectivity index (χ1n) is 7.94. The van der Waals surface area contributed by atoms with Crippen LogP contribution in [0.25, 0.3) is 20.8 Å². The lowest BCUT2D eigenvalue weighted by Gasteiger charge is -2.11. The van der Waals surface area contributed by atoms with Gasteiger partial charge in [-0.3, -0.25) is 4.79 Å². The molecular formula is C20H11Cl2FN2OS. The van der Waals surface area contributed by atoms with Gasteiger partial charge in [-0.25, -0.2) is 9.37 Å². The summed E-state index contributed by atoms with van der Waals surface area (Å²) in [4.78, 5) is 17.3. The van der Waals surface area contributed by atoms with Gasteiger partial charge in [0.25, 0.3) is 5.91 Å². The van der Waals surface area contributed by atoms with E-state index < -0.39 is 11.7 Å². The monoisotopic (exact) mass is 416 g/mol. The van der Waals surface area contributed by atoms with Crippen molar-refractivity contribution in [1.29, 1.82) is 0 Å². The normalized spacial score (nSPS) is 10.9. The third-order valence-electron chi connectivity index (χ3n) is 3.95. The molecule has 0 aliphatic heterocycles. The summed E-state index contributed by atoms with van der Waals surface area (Å²) in [6.07, 6.45) is 0. The largest absolute Gasteiger partial charge is 0.321 e. The molecule has 3 aromatic carbocycles. The zero-order valence-corrected chi connectivity index (χ0v) is 16.0. The van der Waals surface area contributed by atoms with Crippen molar-refractivity contribution in [2.75, 3.05) is 5.32 Å². The Bertz CT molecular complexity index is 1140. The predicted octanol–water partition coefficient (Wildman–Crippen LogP) is 6.66. The second kappa shape index (κ2) is 7.27. The fourth-order valence-electron chi connectivity index (χ4n) is 2.65. The average Bonchev–Trinajstić information content (AvgIpc) is 3.09. The Morgan fingerprint density at radius 3 is 2.56 bits per heavy atom. The van der Waals surface area contributed by atoms with E-state index in [0.29, 0.717) is 5.69 Å². The highest BCUT2D eigenvalue weighted by atomic mass is 35.5. The van der Waals surface area contributed by atoms with Gasteiger partial charge >= 0.3 is 0 Å². The van der Waals surface area contributed by atoms with E-state index in [9.17, 15) is 9.18 Å². The van der Waals surface area contributed by atoms with E-state index in [1.165, 1.54) is 17.4 Å². The van der Waals surface area contributed by atoms with Gasteiger partial charge in [-0.15, -0.1) is 11.3 Å². The summed E-state index contributed by atoms with van der Waals surface area (Å²) in [6.45, 7) is 0. The van der Waals surface area contributed by atoms with E-state index in [0.717, 1.165) is 26.9 Å². The first kappa shape index (κ1) is 17.9. The Kier molecular flexibility index (Phi) is 4.83. The molecule has 0 saturated heterocycles. The minimum absolute atomic E-state index is 0.0117. The molecule has 0 spiro atoms. The molecule has 0 radical (unpaired) electrons. The van der Waals surface area contributed by atoms with E-state index in [4.69, 9.17) is 23.2 Å². The number of thiazole rings is 1. The van der Waals surface area contributed by atoms with Gasteiger partial charge in [0.05, 0.1) is 31.5 Å². The number of carbonyl (C=O) groups excluding carboxylic acids is 1. The van der Waals surface area contributed by atoms with Crippen LogP contribution < -0.4 is 5.32 Å². The number of halogens is 3. The van der Waals surface area contributed by atoms with Crippen LogP contribution in [0.15, 0.2) is 60.7 Å². The maximum Gasteiger partial charge on any atom is 0.257 e. The van der Waals surface area contributed by atoms with Gasteiger partial charge in [0, 0.05) is 5.56 Å². The van der Waals surface area contributed by atoms with Crippen LogP contribution in [-0.2, 0) is 0 Å². The topological polar surface area (TPSA) is 42.0 Å². The number of fused-ring (bicyclic) bond motifs is 1. The third-order valence-corrected chi connectivity index (χ3v) is 5.63. The molecule has 0 aliphatic carbocycles. The molecule has 4 aromatic rings. The lowest BCUT2D eigenvalue weighted by atomic mass is 10.1. The van der Waals surface area contributed by atoms with Crippen LogP contribution in [0.5, 0.6) is 0 Å². The first-order chi connectivity index (χ1) is 13.0. The van der Waals surface area contributed by atoms with Crippen molar-refractivity contribution < 1.29 is 9.18 Å². The highest BCUT2D eigenvalue weighted by Gasteiger charge is 2.17. The van der Waals surface area contributed by atoms with Gasteiger partial charge in [0.2, 0.25) is 0 Å². The fraction of sp³-hybridized carbons (Fsp3) is 0. The van der Waals surface area contributed by atoms with Crippen LogP contribution in [0.4, 0.5) is 10.1 Å². The summed E-state index contributed by atoms with van der Waals surface area (Å²) in [7, 11) is 0. The summed E-state index contributed by atoms with van der Waals surface area (Å²) in [5.74, 6) is -1.23. The summed E-state index contributed by atoms with van der Waals surface area (Å²) >= 11 is 13.3. The van der Waals surface area contributed by atoms with Gasteiger partial charge in [-0.2, -0.15) is 0 Å². The Balaban J connectivity index is 1.71. The zero-order chi connectivity index (χ0) is 19.0. The molecule has 0 unspecified atom stereocenters. The van der Waals surface area contributed by atoms with E-state index >= 15 is 0 Å². The van der Waals surface area contributed by atoms with Crippen LogP contribution in [0, 0.1) is 5.82 Å². The Hall–Kier alpha value is -2.47. The smallest absolute Gasteiger partial charge is 0.257 e. The van der Waals surface area contributed by atoms with Crippen LogP contribution >= 0.6 is 34.5 Å². The predicted molar refractivity (Wildman–Crippen MR) is 109 cm³/mol. The minimum atomic E-state index is -0.703. The van der Waals surface area contributed by atoms with Gasteiger partial charge in [0.15, 0.2) is 0 Å². The number of benzene rings is 3. The Labute approximate surface area is 168 Å². The molecule has 27 heavy (non-hydrogen) atoms. The van der Waals surface area contributed by atoms with Crippen molar-refractivity contribution in [3.05, 3.63) is 82.1 Å². The molecule has 3 nitrogen and oxygen atoms in total. The van der Waals surface area contributed by atoms with Crippen LogP contribution in [-0.4, -0.2) is 10.9 Å². The molecular weight excluding hydrogens is 406 g/mol. The van der Waals surface area contributed by atoms with Crippen molar-refractivity contribution in [2.45, 2.75) is 0 Å². The average molecular weight is 417 g/mol. The summed E-state index contributed by atoms with van der Waals surface area (Å²) in [6, 6.07) is 17.4. The molecule has 1 N–H and O–H groups in total. The number of anilines is 1. The number of nitrogens with zero attached hydrogens (tertiary/aromatic N) is 1. The molecule has 1 amide bonds. The zero-order valence-electron chi connectivity index (χ0n) is 13.7.